The summed E-state index contributed by atoms with van der Waals surface area (Å²) in [4.78, 5) is 24.5. The molecule has 0 saturated carbocycles. The number of carbonyl (C=O) groups excluding carboxylic acids is 1. The standard InChI is InChI=1S/C21H23BrN4O6/c1-30-19-11-16(12-23-24-20(27)13-25-5-7-31-8-6-25)10-18(22)21(19)32-14-15-3-2-4-17(9-15)26(28)29/h2-4,9-12H,5-8,13-14H2,1H3,(H,24,27)/b23-12+. The van der Waals surface area contributed by atoms with Gasteiger partial charge in [-0.05, 0) is 39.2 Å². The monoisotopic (exact) mass is 506 g/mol. The quantitative estimate of drug-likeness (QED) is 0.315. The number of rotatable bonds is 9. The molecule has 1 fully saturated rings. The molecule has 1 amide bonds. The maximum Gasteiger partial charge on any atom is 0.269 e. The van der Waals surface area contributed by atoms with Gasteiger partial charge in [-0.25, -0.2) is 5.43 Å². The molecule has 0 aromatic heterocycles. The SMILES string of the molecule is COc1cc(/C=N/NC(=O)CN2CCOCC2)cc(Br)c1OCc1cccc([N+](=O)[O-])c1. The Kier molecular flexibility index (Phi) is 8.54. The van der Waals surface area contributed by atoms with Crippen molar-refractivity contribution in [2.75, 3.05) is 40.0 Å². The Hall–Kier alpha value is -3.02. The number of non-ortho nitro benzene ring substituents is 1. The van der Waals surface area contributed by atoms with E-state index < -0.39 is 4.92 Å². The fourth-order valence-corrected chi connectivity index (χ4v) is 3.62. The van der Waals surface area contributed by atoms with Crippen molar-refractivity contribution in [3.8, 4) is 11.5 Å². The molecule has 0 bridgehead atoms. The number of ether oxygens (including phenoxy) is 3. The van der Waals surface area contributed by atoms with Gasteiger partial charge in [0.25, 0.3) is 11.6 Å². The number of nitro benzene ring substituents is 1. The minimum Gasteiger partial charge on any atom is -0.493 e. The average molecular weight is 507 g/mol. The van der Waals surface area contributed by atoms with Gasteiger partial charge in [0, 0.05) is 25.2 Å². The van der Waals surface area contributed by atoms with Crippen molar-refractivity contribution >= 4 is 33.7 Å². The first-order chi connectivity index (χ1) is 15.5. The molecule has 11 heteroatoms. The van der Waals surface area contributed by atoms with E-state index in [4.69, 9.17) is 14.2 Å². The van der Waals surface area contributed by atoms with Crippen LogP contribution >= 0.6 is 15.9 Å². The lowest BCUT2D eigenvalue weighted by Crippen LogP contribution is -2.42. The van der Waals surface area contributed by atoms with E-state index in [0.717, 1.165) is 13.1 Å². The summed E-state index contributed by atoms with van der Waals surface area (Å²) in [6, 6.07) is 9.72. The number of morpholine rings is 1. The van der Waals surface area contributed by atoms with E-state index in [1.54, 1.807) is 24.3 Å². The Morgan fingerprint density at radius 2 is 2.12 bits per heavy atom. The van der Waals surface area contributed by atoms with Crippen molar-refractivity contribution in [3.63, 3.8) is 0 Å². The van der Waals surface area contributed by atoms with Gasteiger partial charge in [0.1, 0.15) is 6.61 Å². The summed E-state index contributed by atoms with van der Waals surface area (Å²) in [5.74, 6) is 0.699. The molecule has 170 valence electrons. The highest BCUT2D eigenvalue weighted by atomic mass is 79.9. The number of methoxy groups -OCH3 is 1. The summed E-state index contributed by atoms with van der Waals surface area (Å²) in [5.41, 5.74) is 3.85. The first kappa shape index (κ1) is 23.6. The molecule has 2 aromatic rings. The van der Waals surface area contributed by atoms with Crippen LogP contribution in [0.4, 0.5) is 5.69 Å². The van der Waals surface area contributed by atoms with Crippen LogP contribution in [-0.4, -0.2) is 61.9 Å². The third kappa shape index (κ3) is 6.74. The summed E-state index contributed by atoms with van der Waals surface area (Å²) in [5, 5.41) is 14.9. The molecule has 32 heavy (non-hydrogen) atoms. The number of amides is 1. The minimum absolute atomic E-state index is 0.000595. The summed E-state index contributed by atoms with van der Waals surface area (Å²) in [6.45, 7) is 3.08. The molecule has 1 heterocycles. The molecular formula is C21H23BrN4O6. The van der Waals surface area contributed by atoms with Crippen molar-refractivity contribution in [2.24, 2.45) is 5.10 Å². The molecule has 1 N–H and O–H groups in total. The Morgan fingerprint density at radius 3 is 2.84 bits per heavy atom. The van der Waals surface area contributed by atoms with Crippen LogP contribution in [0.1, 0.15) is 11.1 Å². The number of carbonyl (C=O) groups is 1. The van der Waals surface area contributed by atoms with Crippen LogP contribution in [0.15, 0.2) is 46.0 Å². The summed E-state index contributed by atoms with van der Waals surface area (Å²) >= 11 is 3.46. The average Bonchev–Trinajstić information content (AvgIpc) is 2.79. The van der Waals surface area contributed by atoms with Crippen LogP contribution in [0.3, 0.4) is 0 Å². The molecule has 3 rings (SSSR count). The normalized spacial score (nSPS) is 14.3. The molecule has 1 aliphatic heterocycles. The molecule has 2 aromatic carbocycles. The second kappa shape index (κ2) is 11.6. The van der Waals surface area contributed by atoms with Gasteiger partial charge >= 0.3 is 0 Å². The minimum atomic E-state index is -0.451. The van der Waals surface area contributed by atoms with Gasteiger partial charge in [0.2, 0.25) is 0 Å². The second-order valence-electron chi connectivity index (χ2n) is 6.93. The molecular weight excluding hydrogens is 484 g/mol. The van der Waals surface area contributed by atoms with Gasteiger partial charge in [-0.2, -0.15) is 5.10 Å². The molecule has 0 radical (unpaired) electrons. The van der Waals surface area contributed by atoms with Crippen molar-refractivity contribution in [2.45, 2.75) is 6.61 Å². The summed E-state index contributed by atoms with van der Waals surface area (Å²) in [6.07, 6.45) is 1.51. The number of benzene rings is 2. The molecule has 0 aliphatic carbocycles. The van der Waals surface area contributed by atoms with Gasteiger partial charge in [0.15, 0.2) is 11.5 Å². The van der Waals surface area contributed by atoms with Gasteiger partial charge in [0.05, 0.1) is 42.5 Å². The Bertz CT molecular complexity index is 994. The summed E-state index contributed by atoms with van der Waals surface area (Å²) < 4.78 is 17.1. The van der Waals surface area contributed by atoms with Gasteiger partial charge in [-0.3, -0.25) is 19.8 Å². The summed E-state index contributed by atoms with van der Waals surface area (Å²) in [7, 11) is 1.51. The van der Waals surface area contributed by atoms with Gasteiger partial charge in [-0.1, -0.05) is 12.1 Å². The van der Waals surface area contributed by atoms with E-state index in [1.165, 1.54) is 25.5 Å². The van der Waals surface area contributed by atoms with Crippen LogP contribution in [0, 0.1) is 10.1 Å². The highest BCUT2D eigenvalue weighted by Gasteiger charge is 2.15. The number of nitrogens with zero attached hydrogens (tertiary/aromatic N) is 3. The lowest BCUT2D eigenvalue weighted by molar-refractivity contribution is -0.384. The van der Waals surface area contributed by atoms with Crippen LogP contribution in [0.2, 0.25) is 0 Å². The predicted octanol–water partition coefficient (Wildman–Crippen LogP) is 2.73. The van der Waals surface area contributed by atoms with Crippen molar-refractivity contribution in [1.82, 2.24) is 10.3 Å². The first-order valence-corrected chi connectivity index (χ1v) is 10.6. The number of hydrogen-bond donors (Lipinski definition) is 1. The third-order valence-corrected chi connectivity index (χ3v) is 5.22. The number of hydrogen-bond acceptors (Lipinski definition) is 8. The molecule has 1 aliphatic rings. The fraction of sp³-hybridized carbons (Fsp3) is 0.333. The molecule has 0 unspecified atom stereocenters. The van der Waals surface area contributed by atoms with Crippen molar-refractivity contribution in [3.05, 3.63) is 62.1 Å². The smallest absolute Gasteiger partial charge is 0.269 e. The lowest BCUT2D eigenvalue weighted by atomic mass is 10.2. The zero-order valence-corrected chi connectivity index (χ0v) is 19.0. The first-order valence-electron chi connectivity index (χ1n) is 9.82. The van der Waals surface area contributed by atoms with E-state index in [0.29, 0.717) is 40.3 Å². The van der Waals surface area contributed by atoms with Crippen LogP contribution in [-0.2, 0) is 16.1 Å². The zero-order valence-electron chi connectivity index (χ0n) is 17.5. The Morgan fingerprint density at radius 1 is 1.34 bits per heavy atom. The molecule has 0 atom stereocenters. The number of hydrazone groups is 1. The van der Waals surface area contributed by atoms with Crippen LogP contribution in [0.25, 0.3) is 0 Å². The van der Waals surface area contributed by atoms with E-state index in [9.17, 15) is 14.9 Å². The number of nitro groups is 1. The van der Waals surface area contributed by atoms with Crippen LogP contribution < -0.4 is 14.9 Å². The lowest BCUT2D eigenvalue weighted by Gasteiger charge is -2.25. The number of nitrogens with one attached hydrogen (secondary N) is 1. The van der Waals surface area contributed by atoms with Gasteiger partial charge < -0.3 is 14.2 Å². The zero-order chi connectivity index (χ0) is 22.9. The molecule has 10 nitrogen and oxygen atoms in total. The Balaban J connectivity index is 1.61. The highest BCUT2D eigenvalue weighted by Crippen LogP contribution is 2.37. The highest BCUT2D eigenvalue weighted by molar-refractivity contribution is 9.10. The van der Waals surface area contributed by atoms with Gasteiger partial charge in [-0.15, -0.1) is 0 Å². The van der Waals surface area contributed by atoms with Crippen LogP contribution in [0.5, 0.6) is 11.5 Å². The molecule has 0 spiro atoms. The molecule has 1 saturated heterocycles. The maximum absolute atomic E-state index is 12.0. The fourth-order valence-electron chi connectivity index (χ4n) is 3.05. The maximum atomic E-state index is 12.0. The largest absolute Gasteiger partial charge is 0.493 e. The Labute approximate surface area is 193 Å². The van der Waals surface area contributed by atoms with E-state index in [2.05, 4.69) is 26.5 Å². The van der Waals surface area contributed by atoms with Crippen molar-refractivity contribution < 1.29 is 23.9 Å². The van der Waals surface area contributed by atoms with E-state index in [-0.39, 0.29) is 24.7 Å². The second-order valence-corrected chi connectivity index (χ2v) is 7.79. The topological polar surface area (TPSA) is 116 Å². The third-order valence-electron chi connectivity index (χ3n) is 4.63. The van der Waals surface area contributed by atoms with Crippen molar-refractivity contribution in [1.29, 1.82) is 0 Å². The van der Waals surface area contributed by atoms with E-state index in [1.807, 2.05) is 4.90 Å². The predicted molar refractivity (Wildman–Crippen MR) is 121 cm³/mol. The van der Waals surface area contributed by atoms with E-state index >= 15 is 0 Å². The number of halogens is 1.